The average molecular weight is 178 g/mol. The smallest absolute Gasteiger partial charge is 0.338 e. The molecule has 0 unspecified atom stereocenters. The van der Waals surface area contributed by atoms with E-state index in [1.54, 1.807) is 0 Å². The van der Waals surface area contributed by atoms with Gasteiger partial charge < -0.3 is 4.74 Å². The van der Waals surface area contributed by atoms with Crippen molar-refractivity contribution in [3.63, 3.8) is 0 Å². The minimum absolute atomic E-state index is 0.724. The van der Waals surface area contributed by atoms with Crippen molar-refractivity contribution in [1.82, 2.24) is 0 Å². The monoisotopic (exact) mass is 178 g/mol. The van der Waals surface area contributed by atoms with Gasteiger partial charge in [0.15, 0.2) is 0 Å². The van der Waals surface area contributed by atoms with E-state index in [0.29, 0.717) is 0 Å². The molecule has 0 N–H and O–H groups in total. The maximum absolute atomic E-state index is 10.7. The number of ether oxygens (including phenoxy) is 1. The molecule has 13 heavy (non-hydrogen) atoms. The third kappa shape index (κ3) is 6.50. The number of carbonyl (C=O) groups excluding carboxylic acids is 2. The van der Waals surface area contributed by atoms with E-state index in [4.69, 9.17) is 0 Å². The van der Waals surface area contributed by atoms with E-state index >= 15 is 0 Å². The minimum Gasteiger partial charge on any atom is -0.387 e. The summed E-state index contributed by atoms with van der Waals surface area (Å²) in [5, 5.41) is 0. The Bertz CT molecular complexity index is 244. The van der Waals surface area contributed by atoms with Crippen LogP contribution in [0.3, 0.4) is 0 Å². The van der Waals surface area contributed by atoms with Gasteiger partial charge in [-0.2, -0.15) is 0 Å². The Labute approximate surface area is 76.7 Å². The normalized spacial score (nSPS) is 10.2. The number of rotatable bonds is 4. The SMILES string of the molecule is C=CC=CC(=O)OC(=O)C=CC=C. The highest BCUT2D eigenvalue weighted by atomic mass is 16.6. The molecule has 0 aliphatic heterocycles. The number of hydrogen-bond acceptors (Lipinski definition) is 3. The Kier molecular flexibility index (Phi) is 5.80. The van der Waals surface area contributed by atoms with E-state index in [-0.39, 0.29) is 0 Å². The van der Waals surface area contributed by atoms with Crippen LogP contribution in [0.5, 0.6) is 0 Å². The Morgan fingerprint density at radius 1 is 0.923 bits per heavy atom. The first-order chi connectivity index (χ1) is 6.20. The van der Waals surface area contributed by atoms with Gasteiger partial charge in [-0.1, -0.05) is 37.5 Å². The van der Waals surface area contributed by atoms with E-state index in [0.717, 1.165) is 12.2 Å². The predicted molar refractivity (Wildman–Crippen MR) is 49.8 cm³/mol. The van der Waals surface area contributed by atoms with Crippen LogP contribution in [-0.4, -0.2) is 11.9 Å². The van der Waals surface area contributed by atoms with Crippen molar-refractivity contribution < 1.29 is 14.3 Å². The fraction of sp³-hybridized carbons (Fsp3) is 0. The van der Waals surface area contributed by atoms with Crippen LogP contribution in [0.25, 0.3) is 0 Å². The molecule has 3 nitrogen and oxygen atoms in total. The van der Waals surface area contributed by atoms with E-state index < -0.39 is 11.9 Å². The van der Waals surface area contributed by atoms with Gasteiger partial charge in [0, 0.05) is 12.2 Å². The second kappa shape index (κ2) is 6.79. The van der Waals surface area contributed by atoms with Gasteiger partial charge >= 0.3 is 11.9 Å². The van der Waals surface area contributed by atoms with E-state index in [1.807, 2.05) is 0 Å². The summed E-state index contributed by atoms with van der Waals surface area (Å²) in [7, 11) is 0. The average Bonchev–Trinajstić information content (AvgIpc) is 2.11. The number of hydrogen-bond donors (Lipinski definition) is 0. The molecular formula is C10H10O3. The lowest BCUT2D eigenvalue weighted by molar-refractivity contribution is -0.152. The molecule has 0 fully saturated rings. The number of allylic oxidation sites excluding steroid dienone is 4. The lowest BCUT2D eigenvalue weighted by atomic mass is 10.5. The summed E-state index contributed by atoms with van der Waals surface area (Å²) >= 11 is 0. The largest absolute Gasteiger partial charge is 0.387 e. The molecular weight excluding hydrogens is 168 g/mol. The molecule has 0 rings (SSSR count). The fourth-order valence-corrected chi connectivity index (χ4v) is 0.460. The van der Waals surface area contributed by atoms with Gasteiger partial charge in [-0.05, 0) is 0 Å². The Hall–Kier alpha value is -1.90. The second-order valence-electron chi connectivity index (χ2n) is 1.93. The molecule has 68 valence electrons. The molecule has 0 bridgehead atoms. The van der Waals surface area contributed by atoms with Crippen LogP contribution in [0, 0.1) is 0 Å². The minimum atomic E-state index is -0.724. The van der Waals surface area contributed by atoms with Crippen molar-refractivity contribution in [2.75, 3.05) is 0 Å². The van der Waals surface area contributed by atoms with Crippen LogP contribution in [-0.2, 0) is 14.3 Å². The van der Waals surface area contributed by atoms with Crippen molar-refractivity contribution in [2.45, 2.75) is 0 Å². The second-order valence-corrected chi connectivity index (χ2v) is 1.93. The number of esters is 2. The van der Waals surface area contributed by atoms with Crippen LogP contribution in [0.2, 0.25) is 0 Å². The Morgan fingerprint density at radius 2 is 1.31 bits per heavy atom. The van der Waals surface area contributed by atoms with Crippen LogP contribution < -0.4 is 0 Å². The van der Waals surface area contributed by atoms with Gasteiger partial charge in [0.2, 0.25) is 0 Å². The molecule has 0 spiro atoms. The quantitative estimate of drug-likeness (QED) is 0.284. The molecule has 0 aromatic carbocycles. The van der Waals surface area contributed by atoms with E-state index in [2.05, 4.69) is 17.9 Å². The first-order valence-corrected chi connectivity index (χ1v) is 3.54. The summed E-state index contributed by atoms with van der Waals surface area (Å²) in [5.74, 6) is -1.45. The maximum atomic E-state index is 10.7. The summed E-state index contributed by atoms with van der Waals surface area (Å²) in [5.41, 5.74) is 0. The van der Waals surface area contributed by atoms with Crippen LogP contribution >= 0.6 is 0 Å². The van der Waals surface area contributed by atoms with Crippen molar-refractivity contribution in [3.8, 4) is 0 Å². The third-order valence-electron chi connectivity index (χ3n) is 0.938. The van der Waals surface area contributed by atoms with Crippen LogP contribution in [0.1, 0.15) is 0 Å². The third-order valence-corrected chi connectivity index (χ3v) is 0.938. The maximum Gasteiger partial charge on any atom is 0.338 e. The molecule has 3 heteroatoms. The van der Waals surface area contributed by atoms with Gasteiger partial charge in [0.05, 0.1) is 0 Å². The molecule has 0 saturated heterocycles. The lowest BCUT2D eigenvalue weighted by Crippen LogP contribution is -2.06. The van der Waals surface area contributed by atoms with Crippen LogP contribution in [0.4, 0.5) is 0 Å². The molecule has 0 heterocycles. The molecule has 0 saturated carbocycles. The molecule has 0 amide bonds. The zero-order valence-corrected chi connectivity index (χ0v) is 7.10. The van der Waals surface area contributed by atoms with Gasteiger partial charge in [-0.3, -0.25) is 0 Å². The molecule has 0 aliphatic rings. The Balaban J connectivity index is 3.98. The summed E-state index contributed by atoms with van der Waals surface area (Å²) in [6.45, 7) is 6.71. The van der Waals surface area contributed by atoms with Gasteiger partial charge in [0.1, 0.15) is 0 Å². The van der Waals surface area contributed by atoms with E-state index in [1.165, 1.54) is 24.3 Å². The summed E-state index contributed by atoms with van der Waals surface area (Å²) < 4.78 is 4.31. The van der Waals surface area contributed by atoms with Gasteiger partial charge in [-0.25, -0.2) is 9.59 Å². The van der Waals surface area contributed by atoms with Gasteiger partial charge in [-0.15, -0.1) is 0 Å². The molecule has 0 aromatic heterocycles. The predicted octanol–water partition coefficient (Wildman–Crippen LogP) is 1.54. The van der Waals surface area contributed by atoms with Crippen molar-refractivity contribution >= 4 is 11.9 Å². The topological polar surface area (TPSA) is 43.4 Å². The molecule has 0 aromatic rings. The highest BCUT2D eigenvalue weighted by Crippen LogP contribution is 1.86. The van der Waals surface area contributed by atoms with Crippen molar-refractivity contribution in [2.24, 2.45) is 0 Å². The Morgan fingerprint density at radius 3 is 1.62 bits per heavy atom. The molecule has 0 aliphatic carbocycles. The lowest BCUT2D eigenvalue weighted by Gasteiger charge is -1.92. The first kappa shape index (κ1) is 11.1. The first-order valence-electron chi connectivity index (χ1n) is 3.54. The molecule has 0 atom stereocenters. The standard InChI is InChI=1S/C10H10O3/c1-3-5-7-9(11)13-10(12)8-6-4-2/h3-8H,1-2H2. The van der Waals surface area contributed by atoms with Crippen molar-refractivity contribution in [3.05, 3.63) is 49.6 Å². The summed E-state index contributed by atoms with van der Waals surface area (Å²) in [6.07, 6.45) is 7.79. The molecule has 0 radical (unpaired) electrons. The fourth-order valence-electron chi connectivity index (χ4n) is 0.460. The summed E-state index contributed by atoms with van der Waals surface area (Å²) in [6, 6.07) is 0. The highest BCUT2D eigenvalue weighted by Gasteiger charge is 2.01. The van der Waals surface area contributed by atoms with Gasteiger partial charge in [0.25, 0.3) is 0 Å². The zero-order valence-electron chi connectivity index (χ0n) is 7.10. The zero-order chi connectivity index (χ0) is 10.1. The number of carbonyl (C=O) groups is 2. The summed E-state index contributed by atoms with van der Waals surface area (Å²) in [4.78, 5) is 21.5. The highest BCUT2D eigenvalue weighted by molar-refractivity contribution is 5.96. The van der Waals surface area contributed by atoms with E-state index in [9.17, 15) is 9.59 Å². The van der Waals surface area contributed by atoms with Crippen LogP contribution in [0.15, 0.2) is 49.6 Å². The van der Waals surface area contributed by atoms with Crippen molar-refractivity contribution in [1.29, 1.82) is 0 Å².